The molecule has 6 unspecified atom stereocenters. The number of allylic oxidation sites excluding steroid dienone is 5. The molecule has 0 spiro atoms. The largest absolute Gasteiger partial charge is 0.547 e. The smallest absolute Gasteiger partial charge is 0.241 e. The fourth-order valence-corrected chi connectivity index (χ4v) is 10.2. The highest BCUT2D eigenvalue weighted by atomic mass is 28.4. The van der Waals surface area contributed by atoms with Gasteiger partial charge in [-0.2, -0.15) is 0 Å². The van der Waals surface area contributed by atoms with E-state index in [0.29, 0.717) is 17.8 Å². The molecule has 34 heavy (non-hydrogen) atoms. The van der Waals surface area contributed by atoms with Crippen LogP contribution in [-0.4, -0.2) is 31.1 Å². The Morgan fingerprint density at radius 3 is 1.97 bits per heavy atom. The van der Waals surface area contributed by atoms with Crippen LogP contribution in [-0.2, 0) is 13.3 Å². The maximum absolute atomic E-state index is 6.94. The second-order valence-corrected chi connectivity index (χ2v) is 28.1. The van der Waals surface area contributed by atoms with E-state index in [1.54, 1.807) is 0 Å². The van der Waals surface area contributed by atoms with Gasteiger partial charge in [0.05, 0.1) is 17.6 Å². The van der Waals surface area contributed by atoms with Crippen molar-refractivity contribution >= 4 is 25.0 Å². The van der Waals surface area contributed by atoms with Gasteiger partial charge in [0.15, 0.2) is 8.32 Å². The molecule has 0 heterocycles. The molecule has 1 fully saturated rings. The van der Waals surface area contributed by atoms with E-state index < -0.39 is 25.0 Å². The van der Waals surface area contributed by atoms with Gasteiger partial charge in [-0.1, -0.05) is 19.9 Å². The van der Waals surface area contributed by atoms with Gasteiger partial charge in [-0.25, -0.2) is 0 Å². The van der Waals surface area contributed by atoms with Gasteiger partial charge in [-0.05, 0) is 126 Å². The molecule has 0 N–H and O–H groups in total. The monoisotopic (exact) mass is 518 g/mol. The van der Waals surface area contributed by atoms with Gasteiger partial charge in [0, 0.05) is 11.3 Å². The summed E-state index contributed by atoms with van der Waals surface area (Å²) in [7, 11) is -4.96. The molecular formula is C28H50O3Si3. The number of fused-ring (bicyclic) bond motifs is 5. The molecule has 6 atom stereocenters. The Labute approximate surface area is 212 Å². The van der Waals surface area contributed by atoms with Crippen LogP contribution in [0.15, 0.2) is 35.3 Å². The quantitative estimate of drug-likeness (QED) is 0.330. The molecule has 0 bridgehead atoms. The SMILES string of the molecule is CC12CCC(O[Si](C)(C)C)C=C1C=C(O[Si](C)(C)C)C1C2CCC2(C)C(O[Si](C)(C)C)=CCC12. The molecule has 0 amide bonds. The number of rotatable bonds is 6. The molecule has 1 saturated carbocycles. The molecule has 0 radical (unpaired) electrons. The van der Waals surface area contributed by atoms with Crippen LogP contribution in [0.5, 0.6) is 0 Å². The Morgan fingerprint density at radius 2 is 1.38 bits per heavy atom. The van der Waals surface area contributed by atoms with Crippen molar-refractivity contribution in [3.8, 4) is 0 Å². The minimum absolute atomic E-state index is 0.138. The van der Waals surface area contributed by atoms with Crippen LogP contribution in [0.25, 0.3) is 0 Å². The molecule has 0 aromatic heterocycles. The van der Waals surface area contributed by atoms with E-state index in [-0.39, 0.29) is 16.9 Å². The van der Waals surface area contributed by atoms with Crippen molar-refractivity contribution < 1.29 is 13.3 Å². The predicted molar refractivity (Wildman–Crippen MR) is 151 cm³/mol. The fraction of sp³-hybridized carbons (Fsp3) is 0.786. The molecule has 4 rings (SSSR count). The minimum atomic E-state index is -1.74. The summed E-state index contributed by atoms with van der Waals surface area (Å²) in [6.07, 6.45) is 13.6. The zero-order valence-electron chi connectivity index (χ0n) is 23.8. The standard InChI is InChI=1S/C28H50O3Si3/c1-27-16-14-21(29-32(3,4)5)18-20(27)19-24(30-33(6,7)8)26-22-12-13-25(31-34(9,10)11)28(22,2)17-15-23(26)27/h13,18-19,21-23,26H,12,14-17H2,1-11H3. The van der Waals surface area contributed by atoms with Gasteiger partial charge in [0.1, 0.15) is 0 Å². The van der Waals surface area contributed by atoms with Gasteiger partial charge in [-0.3, -0.25) is 0 Å². The summed E-state index contributed by atoms with van der Waals surface area (Å²) < 4.78 is 20.2. The van der Waals surface area contributed by atoms with E-state index in [1.807, 2.05) is 0 Å². The summed E-state index contributed by atoms with van der Waals surface area (Å²) in [6.45, 7) is 25.9. The van der Waals surface area contributed by atoms with E-state index in [0.717, 1.165) is 12.8 Å². The molecule has 0 saturated heterocycles. The van der Waals surface area contributed by atoms with Gasteiger partial charge in [-0.15, -0.1) is 0 Å². The molecule has 192 valence electrons. The van der Waals surface area contributed by atoms with Crippen LogP contribution in [0.1, 0.15) is 46.0 Å². The Kier molecular flexibility index (Phi) is 6.62. The highest BCUT2D eigenvalue weighted by molar-refractivity contribution is 6.70. The summed E-state index contributed by atoms with van der Waals surface area (Å²) in [4.78, 5) is 0. The summed E-state index contributed by atoms with van der Waals surface area (Å²) in [5.41, 5.74) is 1.85. The number of hydrogen-bond donors (Lipinski definition) is 0. The van der Waals surface area contributed by atoms with Crippen molar-refractivity contribution in [2.45, 2.75) is 111 Å². The number of hydrogen-bond acceptors (Lipinski definition) is 3. The lowest BCUT2D eigenvalue weighted by molar-refractivity contribution is -0.0254. The van der Waals surface area contributed by atoms with Crippen molar-refractivity contribution in [2.24, 2.45) is 28.6 Å². The van der Waals surface area contributed by atoms with Crippen molar-refractivity contribution in [3.63, 3.8) is 0 Å². The first-order valence-corrected chi connectivity index (χ1v) is 23.8. The average molecular weight is 519 g/mol. The van der Waals surface area contributed by atoms with Crippen LogP contribution < -0.4 is 0 Å². The van der Waals surface area contributed by atoms with E-state index in [4.69, 9.17) is 13.3 Å². The van der Waals surface area contributed by atoms with Crippen LogP contribution in [0.3, 0.4) is 0 Å². The highest BCUT2D eigenvalue weighted by Crippen LogP contribution is 2.66. The molecule has 3 nitrogen and oxygen atoms in total. The fourth-order valence-electron chi connectivity index (χ4n) is 7.20. The highest BCUT2D eigenvalue weighted by Gasteiger charge is 2.59. The summed E-state index contributed by atoms with van der Waals surface area (Å²) in [5, 5.41) is 0. The van der Waals surface area contributed by atoms with Crippen LogP contribution in [0.4, 0.5) is 0 Å². The summed E-state index contributed by atoms with van der Waals surface area (Å²) in [6, 6.07) is 0. The molecule has 4 aliphatic rings. The van der Waals surface area contributed by atoms with Crippen LogP contribution in [0.2, 0.25) is 58.9 Å². The van der Waals surface area contributed by atoms with Crippen LogP contribution >= 0.6 is 0 Å². The summed E-state index contributed by atoms with van der Waals surface area (Å²) >= 11 is 0. The molecule has 6 heteroatoms. The third kappa shape index (κ3) is 5.12. The second kappa shape index (κ2) is 8.49. The average Bonchev–Trinajstić information content (AvgIpc) is 2.95. The third-order valence-electron chi connectivity index (χ3n) is 8.54. The topological polar surface area (TPSA) is 27.7 Å². The first-order valence-electron chi connectivity index (χ1n) is 13.6. The van der Waals surface area contributed by atoms with E-state index in [2.05, 4.69) is 91.0 Å². The van der Waals surface area contributed by atoms with Crippen molar-refractivity contribution in [2.75, 3.05) is 0 Å². The Morgan fingerprint density at radius 1 is 0.765 bits per heavy atom. The van der Waals surface area contributed by atoms with Crippen molar-refractivity contribution in [1.82, 2.24) is 0 Å². The van der Waals surface area contributed by atoms with Gasteiger partial charge in [0.2, 0.25) is 16.6 Å². The first kappa shape index (κ1) is 26.5. The Bertz CT molecular complexity index is 901. The first-order chi connectivity index (χ1) is 15.4. The van der Waals surface area contributed by atoms with Crippen molar-refractivity contribution in [1.29, 1.82) is 0 Å². The van der Waals surface area contributed by atoms with Gasteiger partial charge >= 0.3 is 0 Å². The lowest BCUT2D eigenvalue weighted by atomic mass is 9.48. The molecular weight excluding hydrogens is 469 g/mol. The molecule has 0 aliphatic heterocycles. The maximum atomic E-state index is 6.94. The predicted octanol–water partition coefficient (Wildman–Crippen LogP) is 8.47. The normalized spacial score (nSPS) is 38.1. The van der Waals surface area contributed by atoms with Crippen LogP contribution in [0, 0.1) is 28.6 Å². The lowest BCUT2D eigenvalue weighted by Gasteiger charge is -2.58. The van der Waals surface area contributed by atoms with Crippen molar-refractivity contribution in [3.05, 3.63) is 35.3 Å². The van der Waals surface area contributed by atoms with E-state index in [9.17, 15) is 0 Å². The molecule has 0 aromatic carbocycles. The summed E-state index contributed by atoms with van der Waals surface area (Å²) in [5.74, 6) is 4.28. The maximum Gasteiger partial charge on any atom is 0.241 e. The Balaban J connectivity index is 1.74. The molecule has 4 aliphatic carbocycles. The van der Waals surface area contributed by atoms with E-state index in [1.165, 1.54) is 36.4 Å². The van der Waals surface area contributed by atoms with Gasteiger partial charge in [0.25, 0.3) is 0 Å². The zero-order valence-corrected chi connectivity index (χ0v) is 26.8. The third-order valence-corrected chi connectivity index (χ3v) is 11.2. The zero-order chi connectivity index (χ0) is 25.3. The lowest BCUT2D eigenvalue weighted by Crippen LogP contribution is -2.52. The minimum Gasteiger partial charge on any atom is -0.547 e. The van der Waals surface area contributed by atoms with E-state index >= 15 is 0 Å². The molecule has 0 aromatic rings. The Hall–Kier alpha value is -0.569. The second-order valence-electron chi connectivity index (χ2n) is 14.8. The van der Waals surface area contributed by atoms with Gasteiger partial charge < -0.3 is 13.3 Å².